The Labute approximate surface area is 164 Å². The lowest BCUT2D eigenvalue weighted by atomic mass is 9.96. The van der Waals surface area contributed by atoms with Crippen molar-refractivity contribution in [2.24, 2.45) is 5.92 Å². The Balaban J connectivity index is 1.36. The van der Waals surface area contributed by atoms with Crippen LogP contribution in [-0.2, 0) is 11.2 Å². The fourth-order valence-electron chi connectivity index (χ4n) is 3.64. The third-order valence-corrected chi connectivity index (χ3v) is 5.27. The third kappa shape index (κ3) is 4.13. The van der Waals surface area contributed by atoms with Gasteiger partial charge in [0, 0.05) is 43.5 Å². The van der Waals surface area contributed by atoms with E-state index in [0.29, 0.717) is 0 Å². The number of fused-ring (bicyclic) bond motifs is 1. The highest BCUT2D eigenvalue weighted by molar-refractivity contribution is 5.94. The predicted octanol–water partition coefficient (Wildman–Crippen LogP) is 3.55. The van der Waals surface area contributed by atoms with Gasteiger partial charge in [-0.15, -0.1) is 0 Å². The number of nitrogens with zero attached hydrogens (tertiary/aromatic N) is 4. The van der Waals surface area contributed by atoms with E-state index in [9.17, 15) is 4.79 Å². The number of anilines is 2. The number of rotatable bonds is 6. The summed E-state index contributed by atoms with van der Waals surface area (Å²) >= 11 is 0. The van der Waals surface area contributed by atoms with Crippen LogP contribution in [0.1, 0.15) is 38.4 Å². The Kier molecular flexibility index (Phi) is 5.50. The molecule has 0 atom stereocenters. The number of unbranched alkanes of at least 4 members (excludes halogenated alkanes) is 1. The Morgan fingerprint density at radius 1 is 1.25 bits per heavy atom. The molecule has 3 heterocycles. The number of hydrogen-bond acceptors (Lipinski definition) is 5. The van der Waals surface area contributed by atoms with Gasteiger partial charge in [0.1, 0.15) is 5.82 Å². The number of carbonyl (C=O) groups is 1. The Bertz CT molecular complexity index is 930. The van der Waals surface area contributed by atoms with Gasteiger partial charge in [-0.25, -0.2) is 15.0 Å². The van der Waals surface area contributed by atoms with Gasteiger partial charge in [0.25, 0.3) is 0 Å². The molecule has 7 nitrogen and oxygen atoms in total. The van der Waals surface area contributed by atoms with Gasteiger partial charge in [-0.3, -0.25) is 4.79 Å². The zero-order valence-corrected chi connectivity index (χ0v) is 16.2. The maximum absolute atomic E-state index is 12.7. The molecule has 2 aromatic heterocycles. The first-order valence-corrected chi connectivity index (χ1v) is 10.0. The molecule has 1 saturated heterocycles. The SMILES string of the molecule is CCCCc1nc2ccc(NC(=O)C3CCN(c4ncccn4)CC3)cc2[nH]1. The van der Waals surface area contributed by atoms with E-state index < -0.39 is 0 Å². The van der Waals surface area contributed by atoms with Crippen LogP contribution < -0.4 is 10.2 Å². The molecule has 4 rings (SSSR count). The minimum atomic E-state index is 0.0116. The molecule has 1 amide bonds. The first-order chi connectivity index (χ1) is 13.7. The van der Waals surface area contributed by atoms with Gasteiger partial charge in [-0.05, 0) is 43.5 Å². The Hall–Kier alpha value is -2.96. The number of aromatic nitrogens is 4. The van der Waals surface area contributed by atoms with Crippen molar-refractivity contribution in [1.82, 2.24) is 19.9 Å². The molecule has 28 heavy (non-hydrogen) atoms. The largest absolute Gasteiger partial charge is 0.342 e. The fourth-order valence-corrected chi connectivity index (χ4v) is 3.64. The summed E-state index contributed by atoms with van der Waals surface area (Å²) in [5.74, 6) is 1.84. The molecule has 3 aromatic rings. The average Bonchev–Trinajstić information content (AvgIpc) is 3.15. The standard InChI is InChI=1S/C21H26N6O/c1-2-3-5-19-25-17-7-6-16(14-18(17)26-19)24-20(28)15-8-12-27(13-9-15)21-22-10-4-11-23-21/h4,6-7,10-11,14-15H,2-3,5,8-9,12-13H2,1H3,(H,24,28)(H,25,26). The molecule has 1 aliphatic heterocycles. The predicted molar refractivity (Wildman–Crippen MR) is 110 cm³/mol. The summed E-state index contributed by atoms with van der Waals surface area (Å²) in [6, 6.07) is 7.68. The van der Waals surface area contributed by atoms with Crippen molar-refractivity contribution >= 4 is 28.6 Å². The van der Waals surface area contributed by atoms with Crippen LogP contribution in [0.5, 0.6) is 0 Å². The van der Waals surface area contributed by atoms with Crippen molar-refractivity contribution in [2.45, 2.75) is 39.0 Å². The van der Waals surface area contributed by atoms with Crippen molar-refractivity contribution in [3.05, 3.63) is 42.5 Å². The lowest BCUT2D eigenvalue weighted by molar-refractivity contribution is -0.120. The number of H-pyrrole nitrogens is 1. The highest BCUT2D eigenvalue weighted by Crippen LogP contribution is 2.23. The van der Waals surface area contributed by atoms with Crippen LogP contribution in [0.3, 0.4) is 0 Å². The van der Waals surface area contributed by atoms with Crippen LogP contribution in [0.4, 0.5) is 11.6 Å². The number of nitrogens with one attached hydrogen (secondary N) is 2. The molecule has 1 aliphatic rings. The van der Waals surface area contributed by atoms with Gasteiger partial charge in [0.2, 0.25) is 11.9 Å². The number of aromatic amines is 1. The number of imidazole rings is 1. The average molecular weight is 378 g/mol. The molecule has 0 radical (unpaired) electrons. The second-order valence-corrected chi connectivity index (χ2v) is 7.32. The molecular formula is C21H26N6O. The molecule has 1 aromatic carbocycles. The number of piperidine rings is 1. The number of carbonyl (C=O) groups excluding carboxylic acids is 1. The second kappa shape index (κ2) is 8.37. The number of hydrogen-bond donors (Lipinski definition) is 2. The monoisotopic (exact) mass is 378 g/mol. The summed E-state index contributed by atoms with van der Waals surface area (Å²) in [4.78, 5) is 31.4. The van der Waals surface area contributed by atoms with Gasteiger partial charge in [-0.1, -0.05) is 13.3 Å². The van der Waals surface area contributed by atoms with Crippen LogP contribution in [0, 0.1) is 5.92 Å². The van der Waals surface area contributed by atoms with Gasteiger partial charge in [-0.2, -0.15) is 0 Å². The van der Waals surface area contributed by atoms with E-state index in [4.69, 9.17) is 0 Å². The summed E-state index contributed by atoms with van der Waals surface area (Å²) in [6.07, 6.45) is 8.33. The first kappa shape index (κ1) is 18.4. The molecule has 2 N–H and O–H groups in total. The summed E-state index contributed by atoms with van der Waals surface area (Å²) in [7, 11) is 0. The van der Waals surface area contributed by atoms with E-state index in [1.165, 1.54) is 0 Å². The van der Waals surface area contributed by atoms with Crippen molar-refractivity contribution < 1.29 is 4.79 Å². The van der Waals surface area contributed by atoms with Gasteiger partial charge in [0.15, 0.2) is 0 Å². The number of aryl methyl sites for hydroxylation is 1. The lowest BCUT2D eigenvalue weighted by Crippen LogP contribution is -2.39. The maximum Gasteiger partial charge on any atom is 0.227 e. The third-order valence-electron chi connectivity index (χ3n) is 5.27. The van der Waals surface area contributed by atoms with E-state index in [2.05, 4.69) is 37.1 Å². The molecule has 146 valence electrons. The van der Waals surface area contributed by atoms with Gasteiger partial charge in [0.05, 0.1) is 11.0 Å². The van der Waals surface area contributed by atoms with Crippen LogP contribution in [0.15, 0.2) is 36.7 Å². The first-order valence-electron chi connectivity index (χ1n) is 10.0. The second-order valence-electron chi connectivity index (χ2n) is 7.32. The summed E-state index contributed by atoms with van der Waals surface area (Å²) in [5, 5.41) is 3.07. The van der Waals surface area contributed by atoms with Crippen molar-refractivity contribution in [3.8, 4) is 0 Å². The maximum atomic E-state index is 12.7. The van der Waals surface area contributed by atoms with E-state index in [1.807, 2.05) is 24.3 Å². The van der Waals surface area contributed by atoms with Crippen molar-refractivity contribution in [3.63, 3.8) is 0 Å². The summed E-state index contributed by atoms with van der Waals surface area (Å²) in [5.41, 5.74) is 2.73. The minimum Gasteiger partial charge on any atom is -0.342 e. The van der Waals surface area contributed by atoms with E-state index >= 15 is 0 Å². The van der Waals surface area contributed by atoms with Crippen LogP contribution >= 0.6 is 0 Å². The van der Waals surface area contributed by atoms with E-state index in [1.54, 1.807) is 12.4 Å². The fraction of sp³-hybridized carbons (Fsp3) is 0.429. The van der Waals surface area contributed by atoms with Crippen LogP contribution in [0.25, 0.3) is 11.0 Å². The highest BCUT2D eigenvalue weighted by atomic mass is 16.1. The van der Waals surface area contributed by atoms with E-state index in [-0.39, 0.29) is 11.8 Å². The van der Waals surface area contributed by atoms with Crippen molar-refractivity contribution in [1.29, 1.82) is 0 Å². The van der Waals surface area contributed by atoms with Crippen molar-refractivity contribution in [2.75, 3.05) is 23.3 Å². The normalized spacial score (nSPS) is 15.1. The zero-order chi connectivity index (χ0) is 19.3. The molecular weight excluding hydrogens is 352 g/mol. The molecule has 7 heteroatoms. The zero-order valence-electron chi connectivity index (χ0n) is 16.2. The van der Waals surface area contributed by atoms with Crippen LogP contribution in [-0.4, -0.2) is 38.9 Å². The quantitative estimate of drug-likeness (QED) is 0.685. The molecule has 0 unspecified atom stereocenters. The minimum absolute atomic E-state index is 0.0116. The number of amides is 1. The Morgan fingerprint density at radius 2 is 2.04 bits per heavy atom. The van der Waals surface area contributed by atoms with Gasteiger partial charge < -0.3 is 15.2 Å². The molecule has 1 fully saturated rings. The van der Waals surface area contributed by atoms with Crippen LogP contribution in [0.2, 0.25) is 0 Å². The number of benzene rings is 1. The summed E-state index contributed by atoms with van der Waals surface area (Å²) in [6.45, 7) is 3.76. The smallest absolute Gasteiger partial charge is 0.227 e. The molecule has 0 bridgehead atoms. The lowest BCUT2D eigenvalue weighted by Gasteiger charge is -2.31. The molecule has 0 spiro atoms. The molecule has 0 aliphatic carbocycles. The van der Waals surface area contributed by atoms with Gasteiger partial charge >= 0.3 is 0 Å². The topological polar surface area (TPSA) is 86.8 Å². The Morgan fingerprint density at radius 3 is 2.79 bits per heavy atom. The van der Waals surface area contributed by atoms with E-state index in [0.717, 1.165) is 73.7 Å². The molecule has 0 saturated carbocycles. The highest BCUT2D eigenvalue weighted by Gasteiger charge is 2.26. The summed E-state index contributed by atoms with van der Waals surface area (Å²) < 4.78 is 0.